The number of ether oxygens (including phenoxy) is 2. The Morgan fingerprint density at radius 2 is 2.00 bits per heavy atom. The van der Waals surface area contributed by atoms with Crippen molar-refractivity contribution in [1.29, 1.82) is 0 Å². The quantitative estimate of drug-likeness (QED) is 0.295. The first-order valence-electron chi connectivity index (χ1n) is 9.31. The molecule has 7 nitrogen and oxygen atoms in total. The molecule has 1 heterocycles. The SMILES string of the molecule is CCOC(=O)C1CCCN(C(=NC)NCCCCCCC(=O)OC)C1. The fourth-order valence-corrected chi connectivity index (χ4v) is 3.00. The summed E-state index contributed by atoms with van der Waals surface area (Å²) in [6, 6.07) is 0. The molecule has 0 saturated carbocycles. The smallest absolute Gasteiger partial charge is 0.310 e. The molecule has 1 N–H and O–H groups in total. The summed E-state index contributed by atoms with van der Waals surface area (Å²) in [6.45, 7) is 4.68. The Kier molecular flexibility index (Phi) is 10.7. The monoisotopic (exact) mass is 355 g/mol. The van der Waals surface area contributed by atoms with E-state index in [1.165, 1.54) is 7.11 Å². The molecule has 1 atom stereocenters. The van der Waals surface area contributed by atoms with Crippen LogP contribution in [-0.2, 0) is 19.1 Å². The molecule has 1 aliphatic heterocycles. The molecular weight excluding hydrogens is 322 g/mol. The summed E-state index contributed by atoms with van der Waals surface area (Å²) in [5.74, 6) is 0.544. The summed E-state index contributed by atoms with van der Waals surface area (Å²) in [5.41, 5.74) is 0. The van der Waals surface area contributed by atoms with Crippen molar-refractivity contribution in [3.05, 3.63) is 0 Å². The van der Waals surface area contributed by atoms with Crippen LogP contribution in [0, 0.1) is 5.92 Å². The number of hydrogen-bond acceptors (Lipinski definition) is 5. The lowest BCUT2D eigenvalue weighted by Gasteiger charge is -2.34. The molecule has 0 aromatic heterocycles. The molecule has 7 heteroatoms. The van der Waals surface area contributed by atoms with Gasteiger partial charge in [0.05, 0.1) is 19.6 Å². The molecule has 0 aromatic rings. The maximum absolute atomic E-state index is 11.9. The number of likely N-dealkylation sites (tertiary alicyclic amines) is 1. The number of esters is 2. The first-order valence-corrected chi connectivity index (χ1v) is 9.31. The third-order valence-electron chi connectivity index (χ3n) is 4.37. The van der Waals surface area contributed by atoms with Gasteiger partial charge in [-0.1, -0.05) is 12.8 Å². The summed E-state index contributed by atoms with van der Waals surface area (Å²) >= 11 is 0. The molecule has 144 valence electrons. The number of nitrogens with one attached hydrogen (secondary N) is 1. The van der Waals surface area contributed by atoms with Crippen molar-refractivity contribution < 1.29 is 19.1 Å². The number of carbonyl (C=O) groups excluding carboxylic acids is 2. The zero-order chi connectivity index (χ0) is 18.5. The van der Waals surface area contributed by atoms with Crippen molar-refractivity contribution in [2.24, 2.45) is 10.9 Å². The van der Waals surface area contributed by atoms with Crippen LogP contribution in [0.25, 0.3) is 0 Å². The molecule has 1 unspecified atom stereocenters. The summed E-state index contributed by atoms with van der Waals surface area (Å²) < 4.78 is 9.77. The molecule has 1 aliphatic rings. The zero-order valence-corrected chi connectivity index (χ0v) is 15.9. The van der Waals surface area contributed by atoms with Crippen LogP contribution >= 0.6 is 0 Å². The Balaban J connectivity index is 2.25. The minimum Gasteiger partial charge on any atom is -0.469 e. The van der Waals surface area contributed by atoms with Crippen LogP contribution in [0.5, 0.6) is 0 Å². The van der Waals surface area contributed by atoms with Crippen LogP contribution < -0.4 is 5.32 Å². The van der Waals surface area contributed by atoms with Gasteiger partial charge in [0.15, 0.2) is 5.96 Å². The number of carbonyl (C=O) groups is 2. The number of rotatable bonds is 9. The second-order valence-corrected chi connectivity index (χ2v) is 6.25. The standard InChI is InChI=1S/C18H33N3O4/c1-4-25-17(23)15-10-9-13-21(14-15)18(19-2)20-12-8-6-5-7-11-16(22)24-3/h15H,4-14H2,1-3H3,(H,19,20). The Morgan fingerprint density at radius 1 is 1.24 bits per heavy atom. The molecule has 1 saturated heterocycles. The molecule has 0 spiro atoms. The van der Waals surface area contributed by atoms with Crippen molar-refractivity contribution in [2.75, 3.05) is 40.4 Å². The fraction of sp³-hybridized carbons (Fsp3) is 0.833. The van der Waals surface area contributed by atoms with Gasteiger partial charge in [0, 0.05) is 33.1 Å². The predicted molar refractivity (Wildman–Crippen MR) is 97.4 cm³/mol. The Bertz CT molecular complexity index is 440. The Morgan fingerprint density at radius 3 is 2.68 bits per heavy atom. The lowest BCUT2D eigenvalue weighted by molar-refractivity contribution is -0.149. The van der Waals surface area contributed by atoms with Crippen molar-refractivity contribution in [3.63, 3.8) is 0 Å². The van der Waals surface area contributed by atoms with Crippen molar-refractivity contribution in [3.8, 4) is 0 Å². The number of guanidine groups is 1. The fourth-order valence-electron chi connectivity index (χ4n) is 3.00. The number of nitrogens with zero attached hydrogens (tertiary/aromatic N) is 2. The van der Waals surface area contributed by atoms with E-state index in [0.29, 0.717) is 19.6 Å². The molecule has 0 amide bonds. The molecular formula is C18H33N3O4. The number of unbranched alkanes of at least 4 members (excludes halogenated alkanes) is 3. The first-order chi connectivity index (χ1) is 12.1. The normalized spacial score (nSPS) is 18.0. The van der Waals surface area contributed by atoms with Gasteiger partial charge in [0.2, 0.25) is 0 Å². The highest BCUT2D eigenvalue weighted by Crippen LogP contribution is 2.18. The van der Waals surface area contributed by atoms with Crippen LogP contribution in [0.1, 0.15) is 51.9 Å². The summed E-state index contributed by atoms with van der Waals surface area (Å²) in [7, 11) is 3.19. The van der Waals surface area contributed by atoms with Crippen LogP contribution in [0.15, 0.2) is 4.99 Å². The second kappa shape index (κ2) is 12.6. The van der Waals surface area contributed by atoms with E-state index in [1.54, 1.807) is 7.05 Å². The Hall–Kier alpha value is -1.79. The van der Waals surface area contributed by atoms with E-state index in [-0.39, 0.29) is 17.9 Å². The zero-order valence-electron chi connectivity index (χ0n) is 15.9. The van der Waals surface area contributed by atoms with Crippen molar-refractivity contribution in [1.82, 2.24) is 10.2 Å². The molecule has 0 aliphatic carbocycles. The van der Waals surface area contributed by atoms with E-state index < -0.39 is 0 Å². The number of piperidine rings is 1. The molecule has 0 bridgehead atoms. The Labute approximate surface area is 151 Å². The average molecular weight is 355 g/mol. The summed E-state index contributed by atoms with van der Waals surface area (Å²) in [6.07, 6.45) is 6.32. The maximum Gasteiger partial charge on any atom is 0.310 e. The van der Waals surface area contributed by atoms with Crippen LogP contribution in [0.3, 0.4) is 0 Å². The average Bonchev–Trinajstić information content (AvgIpc) is 2.64. The van der Waals surface area contributed by atoms with Gasteiger partial charge in [-0.2, -0.15) is 0 Å². The highest BCUT2D eigenvalue weighted by molar-refractivity contribution is 5.81. The van der Waals surface area contributed by atoms with Gasteiger partial charge in [-0.25, -0.2) is 0 Å². The van der Waals surface area contributed by atoms with Crippen molar-refractivity contribution >= 4 is 17.9 Å². The molecule has 1 fully saturated rings. The largest absolute Gasteiger partial charge is 0.469 e. The maximum atomic E-state index is 11.9. The lowest BCUT2D eigenvalue weighted by Crippen LogP contribution is -2.48. The van der Waals surface area contributed by atoms with E-state index in [9.17, 15) is 9.59 Å². The highest BCUT2D eigenvalue weighted by Gasteiger charge is 2.28. The first kappa shape index (κ1) is 21.3. The van der Waals surface area contributed by atoms with Crippen LogP contribution in [0.2, 0.25) is 0 Å². The third-order valence-corrected chi connectivity index (χ3v) is 4.37. The van der Waals surface area contributed by atoms with Gasteiger partial charge in [-0.3, -0.25) is 14.6 Å². The topological polar surface area (TPSA) is 80.2 Å². The number of methoxy groups -OCH3 is 1. The van der Waals surface area contributed by atoms with E-state index in [1.807, 2.05) is 6.92 Å². The number of hydrogen-bond donors (Lipinski definition) is 1. The minimum atomic E-state index is -0.139. The molecule has 0 aromatic carbocycles. The van der Waals surface area contributed by atoms with E-state index in [2.05, 4.69) is 19.9 Å². The van der Waals surface area contributed by atoms with Gasteiger partial charge in [0.25, 0.3) is 0 Å². The van der Waals surface area contributed by atoms with Crippen LogP contribution in [-0.4, -0.2) is 63.2 Å². The highest BCUT2D eigenvalue weighted by atomic mass is 16.5. The van der Waals surface area contributed by atoms with E-state index >= 15 is 0 Å². The second-order valence-electron chi connectivity index (χ2n) is 6.25. The third kappa shape index (κ3) is 8.23. The van der Waals surface area contributed by atoms with Gasteiger partial charge in [-0.05, 0) is 32.6 Å². The lowest BCUT2D eigenvalue weighted by atomic mass is 9.98. The van der Waals surface area contributed by atoms with Gasteiger partial charge in [0.1, 0.15) is 0 Å². The van der Waals surface area contributed by atoms with Gasteiger partial charge in [-0.15, -0.1) is 0 Å². The van der Waals surface area contributed by atoms with Crippen LogP contribution in [0.4, 0.5) is 0 Å². The predicted octanol–water partition coefficient (Wildman–Crippen LogP) is 1.96. The number of aliphatic imine (C=N–C) groups is 1. The van der Waals surface area contributed by atoms with Gasteiger partial charge >= 0.3 is 11.9 Å². The van der Waals surface area contributed by atoms with E-state index in [4.69, 9.17) is 4.74 Å². The molecule has 1 rings (SSSR count). The van der Waals surface area contributed by atoms with Crippen molar-refractivity contribution in [2.45, 2.75) is 51.9 Å². The summed E-state index contributed by atoms with van der Waals surface area (Å²) in [5, 5.41) is 3.37. The van der Waals surface area contributed by atoms with E-state index in [0.717, 1.165) is 57.6 Å². The summed E-state index contributed by atoms with van der Waals surface area (Å²) in [4.78, 5) is 29.5. The minimum absolute atomic E-state index is 0.0643. The molecule has 25 heavy (non-hydrogen) atoms. The van der Waals surface area contributed by atoms with Gasteiger partial charge < -0.3 is 19.7 Å². The molecule has 0 radical (unpaired) electrons.